The molecule has 0 fully saturated rings. The Morgan fingerprint density at radius 2 is 2.24 bits per heavy atom. The summed E-state index contributed by atoms with van der Waals surface area (Å²) in [6, 6.07) is 5.78. The number of para-hydroxylation sites is 1. The summed E-state index contributed by atoms with van der Waals surface area (Å²) in [5, 5.41) is 0.462. The molecule has 2 aromatic rings. The third-order valence-corrected chi connectivity index (χ3v) is 2.87. The van der Waals surface area contributed by atoms with Crippen molar-refractivity contribution in [2.75, 3.05) is 20.3 Å². The van der Waals surface area contributed by atoms with Gasteiger partial charge in [-0.15, -0.1) is 0 Å². The Kier molecular flexibility index (Phi) is 3.86. The Morgan fingerprint density at radius 1 is 1.41 bits per heavy atom. The topological polar surface area (TPSA) is 36.3 Å². The zero-order valence-corrected chi connectivity index (χ0v) is 10.7. The minimum absolute atomic E-state index is 0.462. The first-order valence-electron chi connectivity index (χ1n) is 5.54. The van der Waals surface area contributed by atoms with Crippen molar-refractivity contribution < 1.29 is 9.47 Å². The lowest BCUT2D eigenvalue weighted by atomic mass is 10.3. The molecular formula is C12H15ClN2O2. The van der Waals surface area contributed by atoms with Gasteiger partial charge in [-0.3, -0.25) is 0 Å². The van der Waals surface area contributed by atoms with E-state index in [-0.39, 0.29) is 0 Å². The molecule has 0 radical (unpaired) electrons. The van der Waals surface area contributed by atoms with E-state index in [0.29, 0.717) is 25.0 Å². The maximum atomic E-state index is 6.12. The zero-order chi connectivity index (χ0) is 12.3. The smallest absolute Gasteiger partial charge is 0.203 e. The van der Waals surface area contributed by atoms with Crippen LogP contribution >= 0.6 is 11.6 Å². The molecule has 0 aliphatic heterocycles. The van der Waals surface area contributed by atoms with Crippen LogP contribution in [0.5, 0.6) is 5.75 Å². The van der Waals surface area contributed by atoms with E-state index in [1.54, 1.807) is 7.11 Å². The first kappa shape index (κ1) is 12.2. The third-order valence-electron chi connectivity index (χ3n) is 2.58. The largest absolute Gasteiger partial charge is 0.494 e. The molecule has 1 heterocycles. The molecule has 0 amide bonds. The van der Waals surface area contributed by atoms with Crippen LogP contribution in [0.2, 0.25) is 5.28 Å². The predicted octanol–water partition coefficient (Wildman–Crippen LogP) is 2.73. The minimum atomic E-state index is 0.462. The van der Waals surface area contributed by atoms with Crippen LogP contribution in [0, 0.1) is 0 Å². The van der Waals surface area contributed by atoms with Gasteiger partial charge in [-0.05, 0) is 30.7 Å². The molecule has 0 saturated carbocycles. The van der Waals surface area contributed by atoms with Gasteiger partial charge in [0.15, 0.2) is 0 Å². The number of halogens is 1. The Hall–Kier alpha value is -1.26. The highest BCUT2D eigenvalue weighted by Crippen LogP contribution is 2.27. The van der Waals surface area contributed by atoms with Crippen molar-refractivity contribution >= 4 is 22.6 Å². The van der Waals surface area contributed by atoms with Gasteiger partial charge in [0.1, 0.15) is 11.3 Å². The molecule has 92 valence electrons. The normalized spacial score (nSPS) is 11.0. The molecule has 1 aromatic heterocycles. The summed E-state index contributed by atoms with van der Waals surface area (Å²) in [7, 11) is 1.63. The molecule has 0 aliphatic rings. The van der Waals surface area contributed by atoms with Crippen LogP contribution in [0.1, 0.15) is 6.92 Å². The highest BCUT2D eigenvalue weighted by molar-refractivity contribution is 6.29. The maximum absolute atomic E-state index is 6.12. The Balaban J connectivity index is 2.38. The molecule has 5 heteroatoms. The summed E-state index contributed by atoms with van der Waals surface area (Å²) in [4.78, 5) is 4.31. The number of hydrogen-bond donors (Lipinski definition) is 0. The molecule has 4 nitrogen and oxygen atoms in total. The van der Waals surface area contributed by atoms with Gasteiger partial charge < -0.3 is 14.0 Å². The Labute approximate surface area is 105 Å². The number of fused-ring (bicyclic) bond motifs is 1. The molecule has 2 rings (SSSR count). The van der Waals surface area contributed by atoms with Gasteiger partial charge in [0.05, 0.1) is 19.2 Å². The fraction of sp³-hybridized carbons (Fsp3) is 0.417. The number of rotatable bonds is 5. The molecule has 0 atom stereocenters. The van der Waals surface area contributed by atoms with Gasteiger partial charge in [-0.1, -0.05) is 6.07 Å². The monoisotopic (exact) mass is 254 g/mol. The highest BCUT2D eigenvalue weighted by atomic mass is 35.5. The predicted molar refractivity (Wildman–Crippen MR) is 67.8 cm³/mol. The van der Waals surface area contributed by atoms with E-state index in [4.69, 9.17) is 21.1 Å². The van der Waals surface area contributed by atoms with Gasteiger partial charge in [0.2, 0.25) is 5.28 Å². The van der Waals surface area contributed by atoms with E-state index < -0.39 is 0 Å². The van der Waals surface area contributed by atoms with Gasteiger partial charge >= 0.3 is 0 Å². The van der Waals surface area contributed by atoms with Crippen LogP contribution in [0.25, 0.3) is 11.0 Å². The van der Waals surface area contributed by atoms with Crippen molar-refractivity contribution in [3.05, 3.63) is 23.5 Å². The molecule has 0 N–H and O–H groups in total. The van der Waals surface area contributed by atoms with Crippen molar-refractivity contribution in [3.8, 4) is 5.75 Å². The quantitative estimate of drug-likeness (QED) is 0.770. The van der Waals surface area contributed by atoms with E-state index >= 15 is 0 Å². The summed E-state index contributed by atoms with van der Waals surface area (Å²) < 4.78 is 12.5. The van der Waals surface area contributed by atoms with Crippen LogP contribution < -0.4 is 4.74 Å². The molecular weight excluding hydrogens is 240 g/mol. The minimum Gasteiger partial charge on any atom is -0.494 e. The Bertz CT molecular complexity index is 510. The summed E-state index contributed by atoms with van der Waals surface area (Å²) in [5.41, 5.74) is 1.76. The van der Waals surface area contributed by atoms with Crippen molar-refractivity contribution in [3.63, 3.8) is 0 Å². The lowest BCUT2D eigenvalue weighted by Gasteiger charge is -2.06. The fourth-order valence-corrected chi connectivity index (χ4v) is 2.03. The number of ether oxygens (including phenoxy) is 2. The number of aromatic nitrogens is 2. The van der Waals surface area contributed by atoms with E-state index in [1.807, 2.05) is 29.7 Å². The number of nitrogens with zero attached hydrogens (tertiary/aromatic N) is 2. The molecule has 0 unspecified atom stereocenters. The lowest BCUT2D eigenvalue weighted by molar-refractivity contribution is 0.140. The summed E-state index contributed by atoms with van der Waals surface area (Å²) >= 11 is 6.12. The molecule has 0 saturated heterocycles. The van der Waals surface area contributed by atoms with Crippen molar-refractivity contribution in [2.45, 2.75) is 13.5 Å². The van der Waals surface area contributed by atoms with Crippen LogP contribution in [0.15, 0.2) is 18.2 Å². The van der Waals surface area contributed by atoms with Gasteiger partial charge in [-0.25, -0.2) is 4.98 Å². The van der Waals surface area contributed by atoms with E-state index in [1.165, 1.54) is 0 Å². The molecule has 1 aromatic carbocycles. The zero-order valence-electron chi connectivity index (χ0n) is 9.94. The van der Waals surface area contributed by atoms with Crippen molar-refractivity contribution in [1.29, 1.82) is 0 Å². The van der Waals surface area contributed by atoms with E-state index in [9.17, 15) is 0 Å². The van der Waals surface area contributed by atoms with Crippen molar-refractivity contribution in [2.24, 2.45) is 0 Å². The summed E-state index contributed by atoms with van der Waals surface area (Å²) in [6.07, 6.45) is 0. The standard InChI is InChI=1S/C12H15ClN2O2/c1-3-17-8-7-15-9-5-4-6-10(16-2)11(9)14-12(15)13/h4-6H,3,7-8H2,1-2H3. The van der Waals surface area contributed by atoms with Gasteiger partial charge in [0.25, 0.3) is 0 Å². The lowest BCUT2D eigenvalue weighted by Crippen LogP contribution is -2.05. The summed E-state index contributed by atoms with van der Waals surface area (Å²) in [6.45, 7) is 3.99. The number of hydrogen-bond acceptors (Lipinski definition) is 3. The van der Waals surface area contributed by atoms with Crippen LogP contribution in [-0.4, -0.2) is 29.9 Å². The summed E-state index contributed by atoms with van der Waals surface area (Å²) in [5.74, 6) is 0.736. The van der Waals surface area contributed by atoms with Crippen LogP contribution in [0.3, 0.4) is 0 Å². The fourth-order valence-electron chi connectivity index (χ4n) is 1.77. The Morgan fingerprint density at radius 3 is 2.94 bits per heavy atom. The highest BCUT2D eigenvalue weighted by Gasteiger charge is 2.11. The van der Waals surface area contributed by atoms with Crippen LogP contribution in [0.4, 0.5) is 0 Å². The first-order valence-corrected chi connectivity index (χ1v) is 5.92. The second-order valence-electron chi connectivity index (χ2n) is 3.56. The van der Waals surface area contributed by atoms with E-state index in [2.05, 4.69) is 4.98 Å². The second kappa shape index (κ2) is 5.38. The maximum Gasteiger partial charge on any atom is 0.203 e. The number of imidazole rings is 1. The average Bonchev–Trinajstić information content (AvgIpc) is 2.66. The number of methoxy groups -OCH3 is 1. The van der Waals surface area contributed by atoms with E-state index in [0.717, 1.165) is 16.8 Å². The SMILES string of the molecule is CCOCCn1c(Cl)nc2c(OC)cccc21. The van der Waals surface area contributed by atoms with Crippen LogP contribution in [-0.2, 0) is 11.3 Å². The molecule has 0 bridgehead atoms. The first-order chi connectivity index (χ1) is 8.27. The molecule has 17 heavy (non-hydrogen) atoms. The number of benzene rings is 1. The molecule has 0 aliphatic carbocycles. The van der Waals surface area contributed by atoms with Gasteiger partial charge in [0, 0.05) is 13.2 Å². The molecule has 0 spiro atoms. The second-order valence-corrected chi connectivity index (χ2v) is 3.90. The third kappa shape index (κ3) is 2.37. The average molecular weight is 255 g/mol. The van der Waals surface area contributed by atoms with Crippen molar-refractivity contribution in [1.82, 2.24) is 9.55 Å². The van der Waals surface area contributed by atoms with Gasteiger partial charge in [-0.2, -0.15) is 0 Å².